The van der Waals surface area contributed by atoms with Crippen molar-refractivity contribution in [1.82, 2.24) is 9.55 Å². The minimum atomic E-state index is -0.487. The van der Waals surface area contributed by atoms with Crippen molar-refractivity contribution in [2.75, 3.05) is 19.0 Å². The van der Waals surface area contributed by atoms with Crippen molar-refractivity contribution in [1.29, 1.82) is 0 Å². The van der Waals surface area contributed by atoms with Crippen LogP contribution in [0.15, 0.2) is 48.5 Å². The summed E-state index contributed by atoms with van der Waals surface area (Å²) >= 11 is 0. The fourth-order valence-corrected chi connectivity index (χ4v) is 3.55. The van der Waals surface area contributed by atoms with E-state index in [4.69, 9.17) is 15.2 Å². The minimum absolute atomic E-state index is 0.0497. The molecule has 28 heavy (non-hydrogen) atoms. The molecule has 7 heteroatoms. The Labute approximate surface area is 163 Å². The largest absolute Gasteiger partial charge is 0.497 e. The van der Waals surface area contributed by atoms with Crippen LogP contribution in [-0.4, -0.2) is 41.3 Å². The van der Waals surface area contributed by atoms with E-state index in [1.165, 1.54) is 0 Å². The summed E-state index contributed by atoms with van der Waals surface area (Å²) in [5.74, 6) is 1.12. The summed E-state index contributed by atoms with van der Waals surface area (Å²) in [5, 5.41) is 2.95. The smallest absolute Gasteiger partial charge is 0.255 e. The van der Waals surface area contributed by atoms with Crippen molar-refractivity contribution in [2.24, 2.45) is 5.73 Å². The molecule has 1 aromatic heterocycles. The van der Waals surface area contributed by atoms with Gasteiger partial charge in [-0.2, -0.15) is 0 Å². The zero-order chi connectivity index (χ0) is 19.5. The van der Waals surface area contributed by atoms with Crippen molar-refractivity contribution < 1.29 is 14.3 Å². The summed E-state index contributed by atoms with van der Waals surface area (Å²) in [6, 6.07) is 15.7. The van der Waals surface area contributed by atoms with Gasteiger partial charge >= 0.3 is 0 Å². The number of carbonyl (C=O) groups is 1. The highest BCUT2D eigenvalue weighted by molar-refractivity contribution is 5.94. The van der Waals surface area contributed by atoms with E-state index < -0.39 is 6.10 Å². The second-order valence-corrected chi connectivity index (χ2v) is 6.91. The molecule has 3 aromatic rings. The number of methoxy groups -OCH3 is 1. The van der Waals surface area contributed by atoms with Crippen LogP contribution in [0.1, 0.15) is 18.4 Å². The number of anilines is 1. The summed E-state index contributed by atoms with van der Waals surface area (Å²) in [6.07, 6.45) is 0.934. The van der Waals surface area contributed by atoms with Gasteiger partial charge in [-0.15, -0.1) is 0 Å². The summed E-state index contributed by atoms with van der Waals surface area (Å²) in [6.45, 7) is 0.989. The Morgan fingerprint density at radius 3 is 2.93 bits per heavy atom. The molecule has 0 bridgehead atoms. The number of hydrogen-bond acceptors (Lipinski definition) is 5. The number of imidazole rings is 1. The quantitative estimate of drug-likeness (QED) is 0.686. The van der Waals surface area contributed by atoms with E-state index in [1.54, 1.807) is 7.11 Å². The normalized spacial score (nSPS) is 19.1. The fraction of sp³-hybridized carbons (Fsp3) is 0.333. The number of hydrogen-bond donors (Lipinski definition) is 2. The van der Waals surface area contributed by atoms with Gasteiger partial charge in [0.15, 0.2) is 0 Å². The van der Waals surface area contributed by atoms with Gasteiger partial charge in [0.05, 0.1) is 30.8 Å². The molecule has 0 unspecified atom stereocenters. The maximum Gasteiger partial charge on any atom is 0.255 e. The third-order valence-electron chi connectivity index (χ3n) is 5.03. The molecule has 3 N–H and O–H groups in total. The van der Waals surface area contributed by atoms with Crippen LogP contribution >= 0.6 is 0 Å². The van der Waals surface area contributed by atoms with Crippen molar-refractivity contribution in [3.05, 3.63) is 54.1 Å². The van der Waals surface area contributed by atoms with Crippen molar-refractivity contribution in [2.45, 2.75) is 31.6 Å². The van der Waals surface area contributed by atoms with E-state index in [1.807, 2.05) is 53.1 Å². The average molecular weight is 380 g/mol. The number of carbonyl (C=O) groups excluding carboxylic acids is 1. The minimum Gasteiger partial charge on any atom is -0.497 e. The molecular formula is C21H24N4O3. The lowest BCUT2D eigenvalue weighted by molar-refractivity contribution is -0.126. The number of nitrogens with zero attached hydrogens (tertiary/aromatic N) is 2. The lowest BCUT2D eigenvalue weighted by Crippen LogP contribution is -2.30. The number of nitrogens with one attached hydrogen (secondary N) is 1. The highest BCUT2D eigenvalue weighted by atomic mass is 16.5. The molecule has 4 rings (SSSR count). The molecule has 1 aliphatic heterocycles. The average Bonchev–Trinajstić information content (AvgIpc) is 3.34. The first-order valence-electron chi connectivity index (χ1n) is 9.42. The van der Waals surface area contributed by atoms with Gasteiger partial charge in [0.2, 0.25) is 5.95 Å². The Hall–Kier alpha value is -2.90. The maximum atomic E-state index is 12.7. The molecule has 2 aromatic carbocycles. The van der Waals surface area contributed by atoms with Crippen LogP contribution in [-0.2, 0) is 16.1 Å². The van der Waals surface area contributed by atoms with Gasteiger partial charge in [0.25, 0.3) is 5.91 Å². The van der Waals surface area contributed by atoms with Crippen LogP contribution in [0.4, 0.5) is 5.95 Å². The Kier molecular flexibility index (Phi) is 5.27. The molecule has 2 heterocycles. The summed E-state index contributed by atoms with van der Waals surface area (Å²) in [5.41, 5.74) is 8.48. The van der Waals surface area contributed by atoms with Gasteiger partial charge in [0.1, 0.15) is 11.9 Å². The van der Waals surface area contributed by atoms with Gasteiger partial charge in [0, 0.05) is 6.54 Å². The van der Waals surface area contributed by atoms with E-state index >= 15 is 0 Å². The second-order valence-electron chi connectivity index (χ2n) is 6.91. The zero-order valence-corrected chi connectivity index (χ0v) is 15.8. The topological polar surface area (TPSA) is 91.4 Å². The Balaban J connectivity index is 1.62. The number of benzene rings is 2. The first kappa shape index (κ1) is 18.5. The van der Waals surface area contributed by atoms with Crippen LogP contribution in [0.5, 0.6) is 5.75 Å². The van der Waals surface area contributed by atoms with Crippen LogP contribution < -0.4 is 15.8 Å². The third kappa shape index (κ3) is 3.72. The number of rotatable bonds is 6. The lowest BCUT2D eigenvalue weighted by Gasteiger charge is -2.14. The second kappa shape index (κ2) is 8.00. The zero-order valence-electron chi connectivity index (χ0n) is 15.8. The summed E-state index contributed by atoms with van der Waals surface area (Å²) < 4.78 is 13.0. The highest BCUT2D eigenvalue weighted by Gasteiger charge is 2.30. The first-order chi connectivity index (χ1) is 13.7. The number of aromatic nitrogens is 2. The molecular weight excluding hydrogens is 356 g/mol. The molecule has 1 amide bonds. The van der Waals surface area contributed by atoms with Crippen molar-refractivity contribution >= 4 is 22.9 Å². The summed E-state index contributed by atoms with van der Waals surface area (Å²) in [7, 11) is 1.65. The highest BCUT2D eigenvalue weighted by Crippen LogP contribution is 2.25. The fourth-order valence-electron chi connectivity index (χ4n) is 3.55. The molecule has 7 nitrogen and oxygen atoms in total. The van der Waals surface area contributed by atoms with Gasteiger partial charge in [-0.25, -0.2) is 4.98 Å². The van der Waals surface area contributed by atoms with E-state index in [9.17, 15) is 4.79 Å². The molecule has 1 saturated heterocycles. The summed E-state index contributed by atoms with van der Waals surface area (Å²) in [4.78, 5) is 17.3. The lowest BCUT2D eigenvalue weighted by atomic mass is 10.2. The molecule has 1 fully saturated rings. The first-order valence-corrected chi connectivity index (χ1v) is 9.42. The van der Waals surface area contributed by atoms with E-state index in [0.29, 0.717) is 25.5 Å². The predicted molar refractivity (Wildman–Crippen MR) is 107 cm³/mol. The van der Waals surface area contributed by atoms with Crippen LogP contribution in [0.25, 0.3) is 11.0 Å². The van der Waals surface area contributed by atoms with Gasteiger partial charge < -0.3 is 19.8 Å². The van der Waals surface area contributed by atoms with E-state index in [2.05, 4.69) is 10.3 Å². The predicted octanol–water partition coefficient (Wildman–Crippen LogP) is 2.54. The number of para-hydroxylation sites is 2. The Bertz CT molecular complexity index is 985. The molecule has 0 aliphatic carbocycles. The Morgan fingerprint density at radius 1 is 1.29 bits per heavy atom. The molecule has 146 valence electrons. The van der Waals surface area contributed by atoms with Crippen LogP contribution in [0.2, 0.25) is 0 Å². The van der Waals surface area contributed by atoms with Gasteiger partial charge in [-0.05, 0) is 42.7 Å². The Morgan fingerprint density at radius 2 is 2.14 bits per heavy atom. The number of amides is 1. The SMILES string of the molecule is COc1cccc(Cn2c(NC(=O)[C@@H]3CC[C@H](CN)O3)nc3ccccc32)c1. The van der Waals surface area contributed by atoms with Gasteiger partial charge in [-0.1, -0.05) is 24.3 Å². The molecule has 0 spiro atoms. The number of ether oxygens (including phenoxy) is 2. The van der Waals surface area contributed by atoms with Crippen LogP contribution in [0, 0.1) is 0 Å². The van der Waals surface area contributed by atoms with Crippen LogP contribution in [0.3, 0.4) is 0 Å². The number of nitrogens with two attached hydrogens (primary N) is 1. The van der Waals surface area contributed by atoms with Crippen molar-refractivity contribution in [3.8, 4) is 5.75 Å². The third-order valence-corrected chi connectivity index (χ3v) is 5.03. The molecule has 0 saturated carbocycles. The molecule has 0 radical (unpaired) electrons. The molecule has 2 atom stereocenters. The molecule has 1 aliphatic rings. The van der Waals surface area contributed by atoms with Gasteiger partial charge in [-0.3, -0.25) is 10.1 Å². The number of fused-ring (bicyclic) bond motifs is 1. The van der Waals surface area contributed by atoms with Crippen molar-refractivity contribution in [3.63, 3.8) is 0 Å². The monoisotopic (exact) mass is 380 g/mol. The standard InChI is InChI=1S/C21H24N4O3/c1-27-15-6-4-5-14(11-15)13-25-18-8-3-2-7-17(18)23-21(25)24-20(26)19-10-9-16(12-22)28-19/h2-8,11,16,19H,9-10,12-13,22H2,1H3,(H,23,24,26)/t16-,19+/m1/s1. The maximum absolute atomic E-state index is 12.7. The van der Waals surface area contributed by atoms with E-state index in [0.717, 1.165) is 28.8 Å². The van der Waals surface area contributed by atoms with E-state index in [-0.39, 0.29) is 12.0 Å².